The maximum absolute atomic E-state index is 12.4. The summed E-state index contributed by atoms with van der Waals surface area (Å²) in [4.78, 5) is 1.25. The molecule has 0 saturated carbocycles. The van der Waals surface area contributed by atoms with E-state index in [2.05, 4.69) is 0 Å². The Bertz CT molecular complexity index is 371. The first kappa shape index (κ1) is 15.0. The zero-order valence-electron chi connectivity index (χ0n) is 10.8. The van der Waals surface area contributed by atoms with E-state index in [-0.39, 0.29) is 6.04 Å². The number of nitrogens with two attached hydrogens (primary N) is 1. The van der Waals surface area contributed by atoms with E-state index in [9.17, 15) is 13.2 Å². The van der Waals surface area contributed by atoms with Gasteiger partial charge >= 0.3 is 6.18 Å². The standard InChI is InChI=1S/C13H19F3N2/c1-9-4-6-11(7-5-9)12(10(2)17)18(3)8-13(14,15)16/h4-7,10,12H,8,17H2,1-3H3. The van der Waals surface area contributed by atoms with Gasteiger partial charge in [0.25, 0.3) is 0 Å². The number of hydrogen-bond acceptors (Lipinski definition) is 2. The van der Waals surface area contributed by atoms with Gasteiger partial charge in [-0.25, -0.2) is 0 Å². The molecule has 0 radical (unpaired) electrons. The van der Waals surface area contributed by atoms with Gasteiger partial charge in [-0.1, -0.05) is 29.8 Å². The van der Waals surface area contributed by atoms with E-state index in [0.29, 0.717) is 0 Å². The Morgan fingerprint density at radius 3 is 2.11 bits per heavy atom. The van der Waals surface area contributed by atoms with Crippen molar-refractivity contribution < 1.29 is 13.2 Å². The van der Waals surface area contributed by atoms with Crippen LogP contribution in [0.3, 0.4) is 0 Å². The van der Waals surface area contributed by atoms with E-state index in [4.69, 9.17) is 5.73 Å². The first-order valence-electron chi connectivity index (χ1n) is 5.80. The highest BCUT2D eigenvalue weighted by molar-refractivity contribution is 5.25. The van der Waals surface area contributed by atoms with Gasteiger partial charge < -0.3 is 5.73 Å². The molecule has 2 nitrogen and oxygen atoms in total. The summed E-state index contributed by atoms with van der Waals surface area (Å²) in [6.45, 7) is 2.69. The van der Waals surface area contributed by atoms with Crippen LogP contribution in [-0.2, 0) is 0 Å². The van der Waals surface area contributed by atoms with Gasteiger partial charge in [-0.2, -0.15) is 13.2 Å². The third-order valence-corrected chi connectivity index (χ3v) is 2.82. The quantitative estimate of drug-likeness (QED) is 0.902. The molecule has 0 spiro atoms. The molecule has 0 bridgehead atoms. The van der Waals surface area contributed by atoms with Crippen LogP contribution in [0.2, 0.25) is 0 Å². The number of alkyl halides is 3. The summed E-state index contributed by atoms with van der Waals surface area (Å²) >= 11 is 0. The predicted octanol–water partition coefficient (Wildman–Crippen LogP) is 2.88. The summed E-state index contributed by atoms with van der Waals surface area (Å²) < 4.78 is 37.3. The number of nitrogens with zero attached hydrogens (tertiary/aromatic N) is 1. The van der Waals surface area contributed by atoms with Crippen molar-refractivity contribution in [3.63, 3.8) is 0 Å². The van der Waals surface area contributed by atoms with Gasteiger partial charge in [-0.05, 0) is 26.5 Å². The molecule has 1 aromatic rings. The van der Waals surface area contributed by atoms with E-state index < -0.39 is 18.8 Å². The van der Waals surface area contributed by atoms with Gasteiger partial charge in [-0.15, -0.1) is 0 Å². The summed E-state index contributed by atoms with van der Waals surface area (Å²) in [7, 11) is 1.45. The van der Waals surface area contributed by atoms with Crippen molar-refractivity contribution in [2.24, 2.45) is 5.73 Å². The fraction of sp³-hybridized carbons (Fsp3) is 0.538. The van der Waals surface area contributed by atoms with Gasteiger partial charge in [0.15, 0.2) is 0 Å². The number of likely N-dealkylation sites (N-methyl/N-ethyl adjacent to an activating group) is 1. The first-order valence-corrected chi connectivity index (χ1v) is 5.80. The van der Waals surface area contributed by atoms with E-state index in [1.807, 2.05) is 31.2 Å². The molecule has 0 heterocycles. The zero-order valence-corrected chi connectivity index (χ0v) is 10.8. The second kappa shape index (κ2) is 5.71. The number of rotatable bonds is 4. The van der Waals surface area contributed by atoms with Crippen LogP contribution in [0, 0.1) is 6.92 Å². The Morgan fingerprint density at radius 2 is 1.72 bits per heavy atom. The molecule has 0 aliphatic carbocycles. The molecule has 0 saturated heterocycles. The first-order chi connectivity index (χ1) is 8.20. The maximum Gasteiger partial charge on any atom is 0.401 e. The molecule has 0 fully saturated rings. The molecule has 18 heavy (non-hydrogen) atoms. The summed E-state index contributed by atoms with van der Waals surface area (Å²) in [5, 5.41) is 0. The van der Waals surface area contributed by atoms with Crippen molar-refractivity contribution in [1.82, 2.24) is 4.90 Å². The Kier molecular flexibility index (Phi) is 4.76. The van der Waals surface area contributed by atoms with Crippen molar-refractivity contribution >= 4 is 0 Å². The molecule has 2 atom stereocenters. The van der Waals surface area contributed by atoms with Crippen LogP contribution >= 0.6 is 0 Å². The third-order valence-electron chi connectivity index (χ3n) is 2.82. The SMILES string of the molecule is Cc1ccc(C(C(C)N)N(C)CC(F)(F)F)cc1. The molecule has 5 heteroatoms. The normalized spacial score (nSPS) is 15.8. The van der Waals surface area contributed by atoms with Gasteiger partial charge in [0.05, 0.1) is 6.54 Å². The molecule has 0 amide bonds. The molecular weight excluding hydrogens is 241 g/mol. The lowest BCUT2D eigenvalue weighted by Gasteiger charge is -2.32. The van der Waals surface area contributed by atoms with Crippen molar-refractivity contribution in [3.05, 3.63) is 35.4 Å². The lowest BCUT2D eigenvalue weighted by molar-refractivity contribution is -0.148. The second-order valence-corrected chi connectivity index (χ2v) is 4.74. The van der Waals surface area contributed by atoms with Crippen LogP contribution in [0.15, 0.2) is 24.3 Å². The van der Waals surface area contributed by atoms with Crippen LogP contribution in [-0.4, -0.2) is 30.7 Å². The highest BCUT2D eigenvalue weighted by Gasteiger charge is 2.33. The summed E-state index contributed by atoms with van der Waals surface area (Å²) in [5.41, 5.74) is 7.70. The minimum Gasteiger partial charge on any atom is -0.326 e. The zero-order chi connectivity index (χ0) is 13.9. The van der Waals surface area contributed by atoms with Gasteiger partial charge in [0.1, 0.15) is 0 Å². The van der Waals surface area contributed by atoms with Crippen molar-refractivity contribution in [2.45, 2.75) is 32.1 Å². The highest BCUT2D eigenvalue weighted by Crippen LogP contribution is 2.26. The molecular formula is C13H19F3N2. The molecule has 0 aliphatic rings. The van der Waals surface area contributed by atoms with Crippen molar-refractivity contribution in [2.75, 3.05) is 13.6 Å². The molecule has 0 aliphatic heterocycles. The van der Waals surface area contributed by atoms with Crippen LogP contribution in [0.4, 0.5) is 13.2 Å². The van der Waals surface area contributed by atoms with Gasteiger partial charge in [0.2, 0.25) is 0 Å². The minimum absolute atomic E-state index is 0.375. The van der Waals surface area contributed by atoms with Crippen LogP contribution in [0.1, 0.15) is 24.1 Å². The van der Waals surface area contributed by atoms with Crippen LogP contribution in [0.5, 0.6) is 0 Å². The van der Waals surface area contributed by atoms with Crippen molar-refractivity contribution in [3.8, 4) is 0 Å². The fourth-order valence-electron chi connectivity index (χ4n) is 2.10. The highest BCUT2D eigenvalue weighted by atomic mass is 19.4. The maximum atomic E-state index is 12.4. The molecule has 2 N–H and O–H groups in total. The number of aryl methyl sites for hydroxylation is 1. The third kappa shape index (κ3) is 4.31. The number of hydrogen-bond donors (Lipinski definition) is 1. The minimum atomic E-state index is -4.22. The lowest BCUT2D eigenvalue weighted by atomic mass is 9.98. The summed E-state index contributed by atoms with van der Waals surface area (Å²) in [6, 6.07) is 6.61. The van der Waals surface area contributed by atoms with E-state index in [0.717, 1.165) is 11.1 Å². The average molecular weight is 260 g/mol. The summed E-state index contributed by atoms with van der Waals surface area (Å²) in [5.74, 6) is 0. The molecule has 2 unspecified atom stereocenters. The predicted molar refractivity (Wildman–Crippen MR) is 66.3 cm³/mol. The Hall–Kier alpha value is -1.07. The van der Waals surface area contributed by atoms with Crippen LogP contribution < -0.4 is 5.73 Å². The Balaban J connectivity index is 2.92. The summed E-state index contributed by atoms with van der Waals surface area (Å²) in [6.07, 6.45) is -4.22. The molecule has 0 aromatic heterocycles. The molecule has 1 aromatic carbocycles. The largest absolute Gasteiger partial charge is 0.401 e. The van der Waals surface area contributed by atoms with Crippen LogP contribution in [0.25, 0.3) is 0 Å². The van der Waals surface area contributed by atoms with E-state index in [1.165, 1.54) is 11.9 Å². The number of halogens is 3. The van der Waals surface area contributed by atoms with Crippen molar-refractivity contribution in [1.29, 1.82) is 0 Å². The van der Waals surface area contributed by atoms with Gasteiger partial charge in [0, 0.05) is 12.1 Å². The van der Waals surface area contributed by atoms with E-state index in [1.54, 1.807) is 6.92 Å². The monoisotopic (exact) mass is 260 g/mol. The Morgan fingerprint density at radius 1 is 1.22 bits per heavy atom. The fourth-order valence-corrected chi connectivity index (χ4v) is 2.10. The van der Waals surface area contributed by atoms with E-state index >= 15 is 0 Å². The molecule has 102 valence electrons. The molecule has 1 rings (SSSR count). The smallest absolute Gasteiger partial charge is 0.326 e. The second-order valence-electron chi connectivity index (χ2n) is 4.74. The topological polar surface area (TPSA) is 29.3 Å². The number of benzene rings is 1. The Labute approximate surface area is 106 Å². The lowest BCUT2D eigenvalue weighted by Crippen LogP contribution is -2.41. The average Bonchev–Trinajstić information content (AvgIpc) is 2.18. The van der Waals surface area contributed by atoms with Gasteiger partial charge in [-0.3, -0.25) is 4.90 Å².